The minimum Gasteiger partial charge on any atom is -0.351 e. The molecule has 1 saturated heterocycles. The Morgan fingerprint density at radius 1 is 1.22 bits per heavy atom. The van der Waals surface area contributed by atoms with E-state index in [4.69, 9.17) is 11.6 Å². The van der Waals surface area contributed by atoms with Crippen LogP contribution < -0.4 is 10.6 Å². The van der Waals surface area contributed by atoms with E-state index < -0.39 is 9.84 Å². The summed E-state index contributed by atoms with van der Waals surface area (Å²) in [5, 5.41) is 5.75. The van der Waals surface area contributed by atoms with Crippen LogP contribution in [0.15, 0.2) is 24.3 Å². The molecule has 2 amide bonds. The lowest BCUT2D eigenvalue weighted by Gasteiger charge is -2.11. The summed E-state index contributed by atoms with van der Waals surface area (Å²) in [6, 6.07) is 6.93. The summed E-state index contributed by atoms with van der Waals surface area (Å²) >= 11 is 6.01. The van der Waals surface area contributed by atoms with E-state index in [0.717, 1.165) is 5.56 Å². The summed E-state index contributed by atoms with van der Waals surface area (Å²) in [6.45, 7) is -0.155. The van der Waals surface area contributed by atoms with Crippen LogP contribution in [0.3, 0.4) is 0 Å². The van der Waals surface area contributed by atoms with Gasteiger partial charge in [-0.15, -0.1) is 0 Å². The van der Waals surface area contributed by atoms with E-state index >= 15 is 0 Å². The maximum atomic E-state index is 11.7. The summed E-state index contributed by atoms with van der Waals surface area (Å²) in [5.41, 5.74) is 0.880. The zero-order chi connectivity index (χ0) is 16.9. The van der Waals surface area contributed by atoms with Gasteiger partial charge in [-0.3, -0.25) is 9.59 Å². The van der Waals surface area contributed by atoms with Gasteiger partial charge in [-0.05, 0) is 24.5 Å². The molecule has 1 heterocycles. The first-order valence-electron chi connectivity index (χ1n) is 7.35. The Hall–Kier alpha value is -1.60. The van der Waals surface area contributed by atoms with Crippen LogP contribution in [0.5, 0.6) is 0 Å². The highest BCUT2D eigenvalue weighted by Gasteiger charge is 2.28. The summed E-state index contributed by atoms with van der Waals surface area (Å²) in [4.78, 5) is 23.4. The number of benzene rings is 1. The molecule has 23 heavy (non-hydrogen) atoms. The Kier molecular flexibility index (Phi) is 6.01. The summed E-state index contributed by atoms with van der Waals surface area (Å²) in [6.07, 6.45) is 1.15. The Morgan fingerprint density at radius 2 is 1.96 bits per heavy atom. The second-order valence-electron chi connectivity index (χ2n) is 5.54. The van der Waals surface area contributed by atoms with Crippen molar-refractivity contribution in [3.8, 4) is 0 Å². The summed E-state index contributed by atoms with van der Waals surface area (Å²) in [5.74, 6) is -0.557. The van der Waals surface area contributed by atoms with E-state index in [1.807, 2.05) is 18.2 Å². The largest absolute Gasteiger partial charge is 0.351 e. The van der Waals surface area contributed by atoms with Crippen molar-refractivity contribution in [2.75, 3.05) is 18.1 Å². The average molecular weight is 359 g/mol. The lowest BCUT2D eigenvalue weighted by atomic mass is 10.1. The van der Waals surface area contributed by atoms with Crippen molar-refractivity contribution < 1.29 is 18.0 Å². The van der Waals surface area contributed by atoms with Crippen molar-refractivity contribution in [1.29, 1.82) is 0 Å². The quantitative estimate of drug-likeness (QED) is 0.782. The number of sulfone groups is 1. The van der Waals surface area contributed by atoms with Crippen molar-refractivity contribution in [2.45, 2.75) is 25.3 Å². The van der Waals surface area contributed by atoms with Gasteiger partial charge in [-0.2, -0.15) is 0 Å². The van der Waals surface area contributed by atoms with Crippen LogP contribution in [0, 0.1) is 0 Å². The van der Waals surface area contributed by atoms with Crippen molar-refractivity contribution >= 4 is 33.3 Å². The molecule has 1 aliphatic heterocycles. The molecule has 1 fully saturated rings. The molecule has 1 unspecified atom stereocenters. The first kappa shape index (κ1) is 17.7. The predicted octanol–water partition coefficient (Wildman–Crippen LogP) is 0.692. The minimum absolute atomic E-state index is 0.0286. The van der Waals surface area contributed by atoms with Crippen molar-refractivity contribution in [1.82, 2.24) is 10.6 Å². The lowest BCUT2D eigenvalue weighted by Crippen LogP contribution is -2.42. The van der Waals surface area contributed by atoms with E-state index in [1.165, 1.54) is 0 Å². The molecule has 0 bridgehead atoms. The van der Waals surface area contributed by atoms with Gasteiger partial charge < -0.3 is 10.6 Å². The van der Waals surface area contributed by atoms with Gasteiger partial charge >= 0.3 is 0 Å². The van der Waals surface area contributed by atoms with Gasteiger partial charge in [-0.1, -0.05) is 29.8 Å². The fourth-order valence-corrected chi connectivity index (χ4v) is 4.31. The van der Waals surface area contributed by atoms with Gasteiger partial charge in [0.05, 0.1) is 18.1 Å². The van der Waals surface area contributed by atoms with Crippen LogP contribution in [-0.2, 0) is 25.8 Å². The number of nitrogens with one attached hydrogen (secondary N) is 2. The molecule has 1 aromatic carbocycles. The number of hydrogen-bond donors (Lipinski definition) is 2. The highest BCUT2D eigenvalue weighted by atomic mass is 35.5. The topological polar surface area (TPSA) is 92.3 Å². The molecule has 0 aliphatic carbocycles. The first-order chi connectivity index (χ1) is 10.9. The lowest BCUT2D eigenvalue weighted by molar-refractivity contribution is -0.126. The van der Waals surface area contributed by atoms with Crippen LogP contribution in [0.1, 0.15) is 18.4 Å². The fraction of sp³-hybridized carbons (Fsp3) is 0.467. The number of carbonyl (C=O) groups is 2. The number of carbonyl (C=O) groups excluding carboxylic acids is 2. The third-order valence-corrected chi connectivity index (χ3v) is 5.76. The van der Waals surface area contributed by atoms with Crippen molar-refractivity contribution in [3.05, 3.63) is 34.9 Å². The zero-order valence-electron chi connectivity index (χ0n) is 12.5. The number of halogens is 1. The number of rotatable bonds is 6. The maximum Gasteiger partial charge on any atom is 0.239 e. The maximum absolute atomic E-state index is 11.7. The van der Waals surface area contributed by atoms with Gasteiger partial charge in [0.15, 0.2) is 9.84 Å². The molecule has 6 nitrogen and oxygen atoms in total. The van der Waals surface area contributed by atoms with Crippen LogP contribution in [0.2, 0.25) is 5.02 Å². The third-order valence-electron chi connectivity index (χ3n) is 3.62. The minimum atomic E-state index is -3.03. The molecule has 0 saturated carbocycles. The normalized spacial score (nSPS) is 19.3. The number of amides is 2. The molecule has 126 valence electrons. The van der Waals surface area contributed by atoms with Crippen LogP contribution >= 0.6 is 11.6 Å². The Balaban J connectivity index is 1.68. The zero-order valence-corrected chi connectivity index (χ0v) is 14.1. The molecule has 0 spiro atoms. The highest BCUT2D eigenvalue weighted by molar-refractivity contribution is 7.91. The summed E-state index contributed by atoms with van der Waals surface area (Å²) in [7, 11) is -3.03. The third kappa shape index (κ3) is 5.84. The summed E-state index contributed by atoms with van der Waals surface area (Å²) < 4.78 is 22.6. The van der Waals surface area contributed by atoms with Crippen LogP contribution in [0.4, 0.5) is 0 Å². The van der Waals surface area contributed by atoms with Crippen molar-refractivity contribution in [2.24, 2.45) is 0 Å². The first-order valence-corrected chi connectivity index (χ1v) is 9.55. The average Bonchev–Trinajstić information content (AvgIpc) is 2.83. The smallest absolute Gasteiger partial charge is 0.239 e. The SMILES string of the molecule is O=C(CCc1ccccc1Cl)NCC(=O)NC1CCS(=O)(=O)C1. The molecule has 2 rings (SSSR count). The molecule has 2 N–H and O–H groups in total. The molecular weight excluding hydrogens is 340 g/mol. The van der Waals surface area contributed by atoms with E-state index in [0.29, 0.717) is 17.9 Å². The fourth-order valence-electron chi connectivity index (χ4n) is 2.40. The molecule has 1 atom stereocenters. The highest BCUT2D eigenvalue weighted by Crippen LogP contribution is 2.16. The molecular formula is C15H19ClN2O4S. The number of hydrogen-bond acceptors (Lipinski definition) is 4. The number of aryl methyl sites for hydroxylation is 1. The van der Waals surface area contributed by atoms with Crippen LogP contribution in [0.25, 0.3) is 0 Å². The Labute approximate surface area is 140 Å². The van der Waals surface area contributed by atoms with Crippen molar-refractivity contribution in [3.63, 3.8) is 0 Å². The van der Waals surface area contributed by atoms with E-state index in [9.17, 15) is 18.0 Å². The van der Waals surface area contributed by atoms with Gasteiger partial charge in [0.25, 0.3) is 0 Å². The molecule has 0 radical (unpaired) electrons. The molecule has 1 aliphatic rings. The van der Waals surface area contributed by atoms with Crippen LogP contribution in [-0.4, -0.2) is 44.3 Å². The van der Waals surface area contributed by atoms with Gasteiger partial charge in [0, 0.05) is 17.5 Å². The molecule has 8 heteroatoms. The predicted molar refractivity (Wildman–Crippen MR) is 88.0 cm³/mol. The second kappa shape index (κ2) is 7.79. The van der Waals surface area contributed by atoms with Gasteiger partial charge in [0.1, 0.15) is 0 Å². The Bertz CT molecular complexity index is 690. The molecule has 1 aromatic rings. The monoisotopic (exact) mass is 358 g/mol. The van der Waals surface area contributed by atoms with E-state index in [-0.39, 0.29) is 42.3 Å². The van der Waals surface area contributed by atoms with E-state index in [1.54, 1.807) is 6.07 Å². The Morgan fingerprint density at radius 3 is 2.61 bits per heavy atom. The van der Waals surface area contributed by atoms with E-state index in [2.05, 4.69) is 10.6 Å². The molecule has 0 aromatic heterocycles. The standard InChI is InChI=1S/C15H19ClN2O4S/c16-13-4-2-1-3-11(13)5-6-14(19)17-9-15(20)18-12-7-8-23(21,22)10-12/h1-4,12H,5-10H2,(H,17,19)(H,18,20). The second-order valence-corrected chi connectivity index (χ2v) is 8.17. The van der Waals surface area contributed by atoms with Gasteiger partial charge in [-0.25, -0.2) is 8.42 Å². The van der Waals surface area contributed by atoms with Gasteiger partial charge in [0.2, 0.25) is 11.8 Å².